The fourth-order valence-electron chi connectivity index (χ4n) is 4.06. The van der Waals surface area contributed by atoms with Gasteiger partial charge in [0.05, 0.1) is 12.0 Å². The number of aryl methyl sites for hydroxylation is 1. The zero-order chi connectivity index (χ0) is 21.8. The van der Waals surface area contributed by atoms with Crippen molar-refractivity contribution in [3.05, 3.63) is 35.9 Å². The number of benzene rings is 2. The smallest absolute Gasteiger partial charge is 0.744 e. The largest absolute Gasteiger partial charge is 1.00 e. The summed E-state index contributed by atoms with van der Waals surface area (Å²) >= 11 is 0. The molecule has 0 aliphatic carbocycles. The van der Waals surface area contributed by atoms with Crippen molar-refractivity contribution in [3.8, 4) is 5.75 Å². The predicted octanol–water partition coefficient (Wildman–Crippen LogP) is 4.00. The van der Waals surface area contributed by atoms with Crippen LogP contribution in [-0.4, -0.2) is 20.1 Å². The predicted molar refractivity (Wildman–Crippen MR) is 123 cm³/mol. The molecule has 168 valence electrons. The second kappa shape index (κ2) is 15.3. The molecule has 4 nitrogen and oxygen atoms in total. The van der Waals surface area contributed by atoms with Crippen LogP contribution >= 0.6 is 0 Å². The molecule has 0 aliphatic rings. The Balaban J connectivity index is 0.00000480. The number of ether oxygens (including phenoxy) is 1. The van der Waals surface area contributed by atoms with Crippen molar-refractivity contribution in [2.45, 2.75) is 95.3 Å². The Hall–Kier alpha value is -0.590. The van der Waals surface area contributed by atoms with Crippen molar-refractivity contribution in [2.75, 3.05) is 7.11 Å². The molecule has 2 aromatic carbocycles. The van der Waals surface area contributed by atoms with E-state index in [4.69, 9.17) is 4.74 Å². The molecule has 0 saturated carbocycles. The number of methoxy groups -OCH3 is 1. The molecule has 0 N–H and O–H groups in total. The molecule has 31 heavy (non-hydrogen) atoms. The molecule has 0 heterocycles. The van der Waals surface area contributed by atoms with Gasteiger partial charge in [-0.05, 0) is 29.9 Å². The molecule has 0 amide bonds. The minimum Gasteiger partial charge on any atom is -0.744 e. The molecule has 0 spiro atoms. The monoisotopic (exact) mass is 456 g/mol. The normalized spacial score (nSPS) is 11.5. The number of fused-ring (bicyclic) bond motifs is 1. The maximum atomic E-state index is 11.4. The van der Waals surface area contributed by atoms with Crippen LogP contribution in [0.5, 0.6) is 5.75 Å². The van der Waals surface area contributed by atoms with E-state index < -0.39 is 10.1 Å². The average molecular weight is 457 g/mol. The minimum atomic E-state index is -4.56. The zero-order valence-electron chi connectivity index (χ0n) is 19.6. The molecule has 0 saturated heterocycles. The maximum Gasteiger partial charge on any atom is 1.00 e. The van der Waals surface area contributed by atoms with E-state index in [1.807, 2.05) is 12.1 Å². The fourth-order valence-corrected chi connectivity index (χ4v) is 4.72. The summed E-state index contributed by atoms with van der Waals surface area (Å²) in [5.74, 6) is 0.138. The van der Waals surface area contributed by atoms with Crippen LogP contribution in [0, 0.1) is 0 Å². The summed E-state index contributed by atoms with van der Waals surface area (Å²) < 4.78 is 39.5. The van der Waals surface area contributed by atoms with Crippen molar-refractivity contribution in [1.29, 1.82) is 0 Å². The van der Waals surface area contributed by atoms with Gasteiger partial charge in [0.2, 0.25) is 0 Å². The van der Waals surface area contributed by atoms with Gasteiger partial charge in [0, 0.05) is 5.39 Å². The van der Waals surface area contributed by atoms with E-state index in [2.05, 4.69) is 13.0 Å². The van der Waals surface area contributed by atoms with Crippen LogP contribution in [0.25, 0.3) is 10.8 Å². The van der Waals surface area contributed by atoms with E-state index in [-0.39, 0.29) is 40.2 Å². The van der Waals surface area contributed by atoms with Crippen molar-refractivity contribution >= 4 is 20.9 Å². The Morgan fingerprint density at radius 1 is 0.806 bits per heavy atom. The van der Waals surface area contributed by atoms with Crippen LogP contribution in [0.2, 0.25) is 0 Å². The van der Waals surface area contributed by atoms with Gasteiger partial charge in [0.25, 0.3) is 0 Å². The van der Waals surface area contributed by atoms with Gasteiger partial charge in [-0.1, -0.05) is 102 Å². The summed E-state index contributed by atoms with van der Waals surface area (Å²) in [6.45, 7) is 2.26. The van der Waals surface area contributed by atoms with Crippen LogP contribution in [0.1, 0.15) is 89.5 Å². The van der Waals surface area contributed by atoms with E-state index >= 15 is 0 Å². The third-order valence-corrected chi connectivity index (χ3v) is 6.65. The van der Waals surface area contributed by atoms with E-state index in [1.54, 1.807) is 6.07 Å². The van der Waals surface area contributed by atoms with Gasteiger partial charge in [0.15, 0.2) is 0 Å². The van der Waals surface area contributed by atoms with Crippen LogP contribution in [-0.2, 0) is 16.5 Å². The Labute approximate surface area is 211 Å². The Kier molecular flexibility index (Phi) is 14.0. The summed E-state index contributed by atoms with van der Waals surface area (Å²) in [6, 6.07) is 8.96. The SMILES string of the molecule is CCCCCCCCCCCCCCc1ccc2c(OC)c(S(=O)(=O)[O-])ccc2c1.[Na+]. The standard InChI is InChI=1S/C25H38O4S.Na/c1-3-4-5-6-7-8-9-10-11-12-13-14-15-21-16-18-23-22(20-21)17-19-24(25(23)29-2)30(26,27)28;/h16-20H,3-15H2,1-2H3,(H,26,27,28);/q;+1/p-1. The molecule has 0 aromatic heterocycles. The molecule has 6 heteroatoms. The van der Waals surface area contributed by atoms with E-state index in [0.717, 1.165) is 18.2 Å². The first-order chi connectivity index (χ1) is 14.5. The molecule has 2 rings (SSSR count). The quantitative estimate of drug-likeness (QED) is 0.231. The Morgan fingerprint density at radius 2 is 1.35 bits per heavy atom. The van der Waals surface area contributed by atoms with Gasteiger partial charge in [-0.2, -0.15) is 0 Å². The van der Waals surface area contributed by atoms with E-state index in [1.165, 1.54) is 89.4 Å². The van der Waals surface area contributed by atoms with Gasteiger partial charge in [0.1, 0.15) is 15.9 Å². The molecular formula is C25H37NaO4S. The number of unbranched alkanes of at least 4 members (excludes halogenated alkanes) is 11. The summed E-state index contributed by atoms with van der Waals surface area (Å²) in [5, 5.41) is 1.56. The number of rotatable bonds is 15. The molecule has 0 atom stereocenters. The molecular weight excluding hydrogens is 419 g/mol. The molecule has 0 radical (unpaired) electrons. The summed E-state index contributed by atoms with van der Waals surface area (Å²) in [4.78, 5) is -0.300. The van der Waals surface area contributed by atoms with Gasteiger partial charge >= 0.3 is 29.6 Å². The zero-order valence-corrected chi connectivity index (χ0v) is 22.4. The molecule has 0 aliphatic heterocycles. The van der Waals surface area contributed by atoms with E-state index in [9.17, 15) is 13.0 Å². The fraction of sp³-hybridized carbons (Fsp3) is 0.600. The topological polar surface area (TPSA) is 66.4 Å². The third kappa shape index (κ3) is 9.83. The summed E-state index contributed by atoms with van der Waals surface area (Å²) in [7, 11) is -3.16. The second-order valence-corrected chi connectivity index (χ2v) is 9.59. The number of hydrogen-bond acceptors (Lipinski definition) is 4. The van der Waals surface area contributed by atoms with Crippen molar-refractivity contribution in [3.63, 3.8) is 0 Å². The van der Waals surface area contributed by atoms with Gasteiger partial charge in [-0.25, -0.2) is 8.42 Å². The average Bonchev–Trinajstić information content (AvgIpc) is 2.72. The van der Waals surface area contributed by atoms with Crippen LogP contribution in [0.4, 0.5) is 0 Å². The molecule has 0 bridgehead atoms. The molecule has 2 aromatic rings. The molecule has 0 unspecified atom stereocenters. The van der Waals surface area contributed by atoms with Gasteiger partial charge in [-0.15, -0.1) is 0 Å². The second-order valence-electron chi connectivity index (χ2n) is 8.25. The van der Waals surface area contributed by atoms with E-state index in [0.29, 0.717) is 5.39 Å². The third-order valence-electron chi connectivity index (χ3n) is 5.79. The first-order valence-corrected chi connectivity index (χ1v) is 12.9. The first-order valence-electron chi connectivity index (χ1n) is 11.5. The van der Waals surface area contributed by atoms with Gasteiger partial charge < -0.3 is 9.29 Å². The Morgan fingerprint density at radius 3 is 1.87 bits per heavy atom. The van der Waals surface area contributed by atoms with Crippen molar-refractivity contribution in [2.24, 2.45) is 0 Å². The van der Waals surface area contributed by atoms with Gasteiger partial charge in [-0.3, -0.25) is 0 Å². The first kappa shape index (κ1) is 28.4. The summed E-state index contributed by atoms with van der Waals surface area (Å²) in [5.41, 5.74) is 1.23. The number of hydrogen-bond donors (Lipinski definition) is 0. The minimum absolute atomic E-state index is 0. The Bertz CT molecular complexity index is 880. The van der Waals surface area contributed by atoms with Crippen LogP contribution < -0.4 is 34.3 Å². The van der Waals surface area contributed by atoms with Crippen molar-refractivity contribution < 1.29 is 47.3 Å². The van der Waals surface area contributed by atoms with Crippen molar-refractivity contribution in [1.82, 2.24) is 0 Å². The molecule has 0 fully saturated rings. The van der Waals surface area contributed by atoms with Crippen LogP contribution in [0.3, 0.4) is 0 Å². The van der Waals surface area contributed by atoms with Crippen LogP contribution in [0.15, 0.2) is 35.2 Å². The maximum absolute atomic E-state index is 11.4. The summed E-state index contributed by atoms with van der Waals surface area (Å²) in [6.07, 6.45) is 17.1.